The molecule has 2 rings (SSSR count). The maximum atomic E-state index is 13.4. The van der Waals surface area contributed by atoms with Crippen molar-refractivity contribution >= 4 is 27.9 Å². The predicted molar refractivity (Wildman–Crippen MR) is 92.8 cm³/mol. The van der Waals surface area contributed by atoms with E-state index in [0.717, 1.165) is 26.4 Å². The lowest BCUT2D eigenvalue weighted by Gasteiger charge is -2.05. The van der Waals surface area contributed by atoms with Gasteiger partial charge in [0.05, 0.1) is 14.2 Å². The first kappa shape index (κ1) is 22.6. The highest BCUT2D eigenvalue weighted by molar-refractivity contribution is 9.08. The van der Waals surface area contributed by atoms with Crippen LogP contribution in [0.3, 0.4) is 0 Å². The van der Waals surface area contributed by atoms with Crippen molar-refractivity contribution in [2.75, 3.05) is 14.2 Å². The first-order valence-electron chi connectivity index (χ1n) is 7.33. The number of hydrogen-bond acceptors (Lipinski definition) is 4. The van der Waals surface area contributed by atoms with E-state index in [9.17, 15) is 27.2 Å². The van der Waals surface area contributed by atoms with Gasteiger partial charge in [-0.25, -0.2) is 27.2 Å². The molecule has 9 heteroatoms. The minimum Gasteiger partial charge on any atom is -0.465 e. The number of halogens is 5. The summed E-state index contributed by atoms with van der Waals surface area (Å²) >= 11 is 3.02. The van der Waals surface area contributed by atoms with E-state index in [4.69, 9.17) is 0 Å². The Labute approximate surface area is 161 Å². The number of benzene rings is 2. The summed E-state index contributed by atoms with van der Waals surface area (Å²) in [5.74, 6) is -5.59. The van der Waals surface area contributed by atoms with Crippen LogP contribution >= 0.6 is 15.9 Å². The number of methoxy groups -OCH3 is 2. The van der Waals surface area contributed by atoms with E-state index in [2.05, 4.69) is 25.4 Å². The number of hydrogen-bond donors (Lipinski definition) is 0. The molecule has 0 heterocycles. The lowest BCUT2D eigenvalue weighted by Crippen LogP contribution is -2.09. The third kappa shape index (κ3) is 5.29. The molecule has 0 aliphatic heterocycles. The maximum Gasteiger partial charge on any atom is 0.343 e. The highest BCUT2D eigenvalue weighted by Gasteiger charge is 2.20. The van der Waals surface area contributed by atoms with Crippen molar-refractivity contribution in [2.24, 2.45) is 0 Å². The van der Waals surface area contributed by atoms with E-state index >= 15 is 0 Å². The zero-order chi connectivity index (χ0) is 20.7. The van der Waals surface area contributed by atoms with Gasteiger partial charge in [0, 0.05) is 5.33 Å². The van der Waals surface area contributed by atoms with Crippen LogP contribution in [0.1, 0.15) is 31.8 Å². The van der Waals surface area contributed by atoms with Crippen LogP contribution in [0.5, 0.6) is 0 Å². The molecule has 0 saturated heterocycles. The van der Waals surface area contributed by atoms with Crippen molar-refractivity contribution in [3.05, 3.63) is 69.8 Å². The van der Waals surface area contributed by atoms with Crippen LogP contribution in [0.4, 0.5) is 17.6 Å². The number of ether oxygens (including phenoxy) is 2. The highest BCUT2D eigenvalue weighted by atomic mass is 79.9. The summed E-state index contributed by atoms with van der Waals surface area (Å²) < 4.78 is 61.0. The second-order valence-corrected chi connectivity index (χ2v) is 5.63. The summed E-state index contributed by atoms with van der Waals surface area (Å²) in [4.78, 5) is 21.9. The van der Waals surface area contributed by atoms with Gasteiger partial charge in [0.15, 0.2) is 0 Å². The van der Waals surface area contributed by atoms with Crippen molar-refractivity contribution in [3.8, 4) is 0 Å². The zero-order valence-electron chi connectivity index (χ0n) is 14.5. The minimum absolute atomic E-state index is 0.210. The molecule has 0 aliphatic rings. The molecule has 0 aromatic heterocycles. The van der Waals surface area contributed by atoms with Crippen LogP contribution in [0.25, 0.3) is 0 Å². The van der Waals surface area contributed by atoms with Gasteiger partial charge < -0.3 is 9.47 Å². The monoisotopic (exact) mass is 450 g/mol. The van der Waals surface area contributed by atoms with Crippen molar-refractivity contribution in [1.82, 2.24) is 0 Å². The molecule has 0 saturated carbocycles. The summed E-state index contributed by atoms with van der Waals surface area (Å²) in [5.41, 5.74) is -0.861. The third-order valence-corrected chi connectivity index (χ3v) is 3.98. The van der Waals surface area contributed by atoms with Gasteiger partial charge in [-0.3, -0.25) is 0 Å². The van der Waals surface area contributed by atoms with Gasteiger partial charge in [-0.05, 0) is 30.2 Å². The van der Waals surface area contributed by atoms with Gasteiger partial charge in [-0.2, -0.15) is 0 Å². The van der Waals surface area contributed by atoms with E-state index in [0.29, 0.717) is 0 Å². The van der Waals surface area contributed by atoms with Gasteiger partial charge in [-0.15, -0.1) is 0 Å². The molecule has 0 bridgehead atoms. The summed E-state index contributed by atoms with van der Waals surface area (Å²) in [6, 6.07) is 4.60. The van der Waals surface area contributed by atoms with E-state index in [-0.39, 0.29) is 16.5 Å². The van der Waals surface area contributed by atoms with Gasteiger partial charge in [-0.1, -0.05) is 28.1 Å². The summed E-state index contributed by atoms with van der Waals surface area (Å²) in [6.07, 6.45) is 0. The summed E-state index contributed by atoms with van der Waals surface area (Å²) in [6.45, 7) is 1.45. The van der Waals surface area contributed by atoms with Crippen molar-refractivity contribution in [1.29, 1.82) is 0 Å². The van der Waals surface area contributed by atoms with Crippen molar-refractivity contribution < 1.29 is 36.6 Å². The average Bonchev–Trinajstić information content (AvgIpc) is 2.65. The number of aryl methyl sites for hydroxylation is 1. The Morgan fingerprint density at radius 3 is 1.74 bits per heavy atom. The first-order valence-corrected chi connectivity index (χ1v) is 8.45. The number of rotatable bonds is 3. The predicted octanol–water partition coefficient (Wildman–Crippen LogP) is 4.71. The van der Waals surface area contributed by atoms with E-state index < -0.39 is 46.3 Å². The molecule has 0 spiro atoms. The molecule has 2 aromatic rings. The fourth-order valence-corrected chi connectivity index (χ4v) is 2.37. The number of carbonyl (C=O) groups excluding carboxylic acids is 2. The van der Waals surface area contributed by atoms with Gasteiger partial charge in [0.2, 0.25) is 0 Å². The lowest BCUT2D eigenvalue weighted by molar-refractivity contribution is 0.0580. The number of alkyl halides is 1. The van der Waals surface area contributed by atoms with Crippen molar-refractivity contribution in [2.45, 2.75) is 12.3 Å². The largest absolute Gasteiger partial charge is 0.465 e. The molecule has 4 nitrogen and oxygen atoms in total. The average molecular weight is 451 g/mol. The van der Waals surface area contributed by atoms with E-state index in [1.165, 1.54) is 19.1 Å². The standard InChI is InChI=1S/C9H7BrF2O2.C9H8F2O2/c1-14-9(13)7-6(11)3-2-5(4-10)8(7)12;1-5-3-4-6(10)7(8(5)11)9(12)13-2/h2-3H,4H2,1H3;3-4H,1-2H3. The smallest absolute Gasteiger partial charge is 0.343 e. The Bertz CT molecular complexity index is 856. The minimum atomic E-state index is -1.01. The molecule has 2 aromatic carbocycles. The van der Waals surface area contributed by atoms with Crippen LogP contribution in [-0.2, 0) is 14.8 Å². The number of carbonyl (C=O) groups is 2. The van der Waals surface area contributed by atoms with Crippen LogP contribution in [-0.4, -0.2) is 26.2 Å². The Morgan fingerprint density at radius 2 is 1.30 bits per heavy atom. The van der Waals surface area contributed by atoms with E-state index in [1.54, 1.807) is 0 Å². The molecule has 0 unspecified atom stereocenters. The fraction of sp³-hybridized carbons (Fsp3) is 0.222. The molecular weight excluding hydrogens is 436 g/mol. The number of esters is 2. The fourth-order valence-electron chi connectivity index (χ4n) is 1.93. The Hall–Kier alpha value is -2.42. The topological polar surface area (TPSA) is 52.6 Å². The maximum absolute atomic E-state index is 13.4. The normalized spacial score (nSPS) is 9.93. The SMILES string of the molecule is COC(=O)c1c(F)ccc(C)c1F.COC(=O)c1c(F)ccc(CBr)c1F. The summed E-state index contributed by atoms with van der Waals surface area (Å²) in [7, 11) is 2.14. The van der Waals surface area contributed by atoms with Crippen LogP contribution < -0.4 is 0 Å². The quantitative estimate of drug-likeness (QED) is 0.386. The highest BCUT2D eigenvalue weighted by Crippen LogP contribution is 2.20. The first-order chi connectivity index (χ1) is 12.7. The second kappa shape index (κ2) is 10.1. The van der Waals surface area contributed by atoms with Gasteiger partial charge in [0.25, 0.3) is 0 Å². The molecule has 0 N–H and O–H groups in total. The van der Waals surface area contributed by atoms with Gasteiger partial charge in [0.1, 0.15) is 34.4 Å². The van der Waals surface area contributed by atoms with Crippen LogP contribution in [0.15, 0.2) is 24.3 Å². The third-order valence-electron chi connectivity index (χ3n) is 3.38. The van der Waals surface area contributed by atoms with Gasteiger partial charge >= 0.3 is 11.9 Å². The zero-order valence-corrected chi connectivity index (χ0v) is 16.1. The molecular formula is C18H15BrF4O4. The Kier molecular flexibility index (Phi) is 8.42. The van der Waals surface area contributed by atoms with E-state index in [1.807, 2.05) is 0 Å². The van der Waals surface area contributed by atoms with Crippen molar-refractivity contribution in [3.63, 3.8) is 0 Å². The molecule has 0 aliphatic carbocycles. The van der Waals surface area contributed by atoms with Crippen LogP contribution in [0.2, 0.25) is 0 Å². The molecule has 27 heavy (non-hydrogen) atoms. The lowest BCUT2D eigenvalue weighted by atomic mass is 10.1. The summed E-state index contributed by atoms with van der Waals surface area (Å²) in [5, 5.41) is 0.211. The molecule has 0 amide bonds. The molecule has 146 valence electrons. The molecule has 0 atom stereocenters. The second-order valence-electron chi connectivity index (χ2n) is 5.07. The molecule has 0 fully saturated rings. The molecule has 0 radical (unpaired) electrons. The van der Waals surface area contributed by atoms with Crippen LogP contribution in [0, 0.1) is 30.2 Å². The Morgan fingerprint density at radius 1 is 0.852 bits per heavy atom. The Balaban J connectivity index is 0.000000271.